The molecule has 0 spiro atoms. The molecule has 20 heavy (non-hydrogen) atoms. The molecule has 0 radical (unpaired) electrons. The number of hydrogen-bond donors (Lipinski definition) is 2. The maximum atomic E-state index is 11.1. The van der Waals surface area contributed by atoms with E-state index in [1.54, 1.807) is 12.1 Å². The van der Waals surface area contributed by atoms with Crippen LogP contribution in [-0.2, 0) is 4.74 Å². The molecule has 1 aliphatic rings. The molecule has 0 bridgehead atoms. The third-order valence-corrected chi connectivity index (χ3v) is 4.13. The molecule has 1 fully saturated rings. The van der Waals surface area contributed by atoms with E-state index in [1.165, 1.54) is 4.90 Å². The minimum Gasteiger partial charge on any atom is -0.465 e. The van der Waals surface area contributed by atoms with Gasteiger partial charge in [0.2, 0.25) is 0 Å². The lowest BCUT2D eigenvalue weighted by Crippen LogP contribution is -2.37. The summed E-state index contributed by atoms with van der Waals surface area (Å²) < 4.78 is 5.78. The lowest BCUT2D eigenvalue weighted by Gasteiger charge is -2.25. The number of rotatable bonds is 2. The SMILES string of the molecule is NCC1CN(C(=O)O)CCOC1c1ccc(Cl)c(Cl)c1. The number of carboxylic acid groups (broad SMARTS) is 1. The second-order valence-electron chi connectivity index (χ2n) is 4.69. The zero-order valence-electron chi connectivity index (χ0n) is 10.8. The van der Waals surface area contributed by atoms with Gasteiger partial charge in [0.05, 0.1) is 22.8 Å². The highest BCUT2D eigenvalue weighted by Crippen LogP contribution is 2.32. The van der Waals surface area contributed by atoms with Crippen molar-refractivity contribution in [2.75, 3.05) is 26.2 Å². The normalized spacial score (nSPS) is 23.4. The molecule has 1 saturated heterocycles. The first-order valence-corrected chi connectivity index (χ1v) is 7.03. The van der Waals surface area contributed by atoms with E-state index in [0.29, 0.717) is 36.3 Å². The van der Waals surface area contributed by atoms with Gasteiger partial charge in [0.25, 0.3) is 0 Å². The highest BCUT2D eigenvalue weighted by Gasteiger charge is 2.30. The molecular weight excluding hydrogens is 303 g/mol. The minimum atomic E-state index is -0.957. The lowest BCUT2D eigenvalue weighted by atomic mass is 9.95. The van der Waals surface area contributed by atoms with Gasteiger partial charge < -0.3 is 20.5 Å². The molecule has 3 N–H and O–H groups in total. The number of carbonyl (C=O) groups is 1. The van der Waals surface area contributed by atoms with Crippen LogP contribution in [0.3, 0.4) is 0 Å². The second kappa shape index (κ2) is 6.63. The molecule has 0 saturated carbocycles. The van der Waals surface area contributed by atoms with Gasteiger partial charge in [-0.05, 0) is 24.2 Å². The van der Waals surface area contributed by atoms with Crippen molar-refractivity contribution in [1.29, 1.82) is 0 Å². The summed E-state index contributed by atoms with van der Waals surface area (Å²) in [6.07, 6.45) is -1.24. The van der Waals surface area contributed by atoms with Crippen LogP contribution in [0.4, 0.5) is 4.79 Å². The minimum absolute atomic E-state index is 0.120. The largest absolute Gasteiger partial charge is 0.465 e. The predicted octanol–water partition coefficient (Wildman–Crippen LogP) is 2.62. The standard InChI is InChI=1S/C13H16Cl2N2O3/c14-10-2-1-8(5-11(10)15)12-9(6-16)7-17(13(18)19)3-4-20-12/h1-2,5,9,12H,3-4,6-7,16H2,(H,18,19). The van der Waals surface area contributed by atoms with Crippen molar-refractivity contribution in [2.45, 2.75) is 6.10 Å². The molecule has 2 unspecified atom stereocenters. The van der Waals surface area contributed by atoms with E-state index in [4.69, 9.17) is 38.8 Å². The van der Waals surface area contributed by atoms with Crippen LogP contribution in [0.5, 0.6) is 0 Å². The zero-order valence-corrected chi connectivity index (χ0v) is 12.3. The summed E-state index contributed by atoms with van der Waals surface area (Å²) in [6.45, 7) is 1.34. The Morgan fingerprint density at radius 3 is 2.80 bits per heavy atom. The van der Waals surface area contributed by atoms with Gasteiger partial charge in [-0.15, -0.1) is 0 Å². The second-order valence-corrected chi connectivity index (χ2v) is 5.50. The topological polar surface area (TPSA) is 75.8 Å². The molecule has 1 aromatic carbocycles. The van der Waals surface area contributed by atoms with Crippen LogP contribution < -0.4 is 5.73 Å². The van der Waals surface area contributed by atoms with Crippen LogP contribution >= 0.6 is 23.2 Å². The quantitative estimate of drug-likeness (QED) is 0.878. The number of amides is 1. The smallest absolute Gasteiger partial charge is 0.407 e. The Labute approximate surface area is 127 Å². The molecule has 2 atom stereocenters. The van der Waals surface area contributed by atoms with Gasteiger partial charge >= 0.3 is 6.09 Å². The Kier molecular flexibility index (Phi) is 5.10. The number of nitrogens with two attached hydrogens (primary N) is 1. The van der Waals surface area contributed by atoms with Crippen molar-refractivity contribution >= 4 is 29.3 Å². The zero-order chi connectivity index (χ0) is 14.7. The fraction of sp³-hybridized carbons (Fsp3) is 0.462. The number of benzene rings is 1. The molecule has 2 rings (SSSR count). The summed E-state index contributed by atoms with van der Waals surface area (Å²) in [4.78, 5) is 12.4. The number of nitrogens with zero attached hydrogens (tertiary/aromatic N) is 1. The summed E-state index contributed by atoms with van der Waals surface area (Å²) >= 11 is 11.9. The molecular formula is C13H16Cl2N2O3. The number of ether oxygens (including phenoxy) is 1. The Morgan fingerprint density at radius 1 is 1.45 bits per heavy atom. The van der Waals surface area contributed by atoms with Crippen molar-refractivity contribution in [3.05, 3.63) is 33.8 Å². The predicted molar refractivity (Wildman–Crippen MR) is 77.3 cm³/mol. The van der Waals surface area contributed by atoms with E-state index in [2.05, 4.69) is 0 Å². The van der Waals surface area contributed by atoms with Crippen LogP contribution in [-0.4, -0.2) is 42.3 Å². The Morgan fingerprint density at radius 2 is 2.20 bits per heavy atom. The van der Waals surface area contributed by atoms with Gasteiger partial charge in [-0.1, -0.05) is 29.3 Å². The van der Waals surface area contributed by atoms with Crippen molar-refractivity contribution in [3.63, 3.8) is 0 Å². The van der Waals surface area contributed by atoms with Crippen molar-refractivity contribution in [2.24, 2.45) is 11.7 Å². The highest BCUT2D eigenvalue weighted by molar-refractivity contribution is 6.42. The van der Waals surface area contributed by atoms with Crippen LogP contribution in [0, 0.1) is 5.92 Å². The van der Waals surface area contributed by atoms with E-state index < -0.39 is 6.09 Å². The fourth-order valence-electron chi connectivity index (χ4n) is 2.33. The molecule has 1 heterocycles. The molecule has 110 valence electrons. The average Bonchev–Trinajstić information content (AvgIpc) is 2.64. The monoisotopic (exact) mass is 318 g/mol. The summed E-state index contributed by atoms with van der Waals surface area (Å²) in [5.41, 5.74) is 6.64. The van der Waals surface area contributed by atoms with E-state index in [1.807, 2.05) is 6.07 Å². The fourth-order valence-corrected chi connectivity index (χ4v) is 2.63. The third-order valence-electron chi connectivity index (χ3n) is 3.39. The molecule has 0 aliphatic carbocycles. The van der Waals surface area contributed by atoms with Crippen LogP contribution in [0.1, 0.15) is 11.7 Å². The molecule has 1 amide bonds. The van der Waals surface area contributed by atoms with E-state index in [0.717, 1.165) is 5.56 Å². The first-order chi connectivity index (χ1) is 9.52. The molecule has 7 heteroatoms. The van der Waals surface area contributed by atoms with Crippen molar-refractivity contribution in [3.8, 4) is 0 Å². The van der Waals surface area contributed by atoms with E-state index in [-0.39, 0.29) is 12.0 Å². The average molecular weight is 319 g/mol. The summed E-state index contributed by atoms with van der Waals surface area (Å²) in [6, 6.07) is 5.28. The van der Waals surface area contributed by atoms with Crippen molar-refractivity contribution < 1.29 is 14.6 Å². The van der Waals surface area contributed by atoms with Gasteiger partial charge in [-0.2, -0.15) is 0 Å². The Balaban J connectivity index is 2.24. The molecule has 1 aliphatic heterocycles. The molecule has 1 aromatic rings. The van der Waals surface area contributed by atoms with Gasteiger partial charge in [0.1, 0.15) is 0 Å². The number of halogens is 2. The highest BCUT2D eigenvalue weighted by atomic mass is 35.5. The summed E-state index contributed by atoms with van der Waals surface area (Å²) in [7, 11) is 0. The maximum Gasteiger partial charge on any atom is 0.407 e. The van der Waals surface area contributed by atoms with Crippen LogP contribution in [0.2, 0.25) is 10.0 Å². The third kappa shape index (κ3) is 3.35. The molecule has 5 nitrogen and oxygen atoms in total. The van der Waals surface area contributed by atoms with Gasteiger partial charge in [-0.25, -0.2) is 4.79 Å². The Hall–Kier alpha value is -1.01. The van der Waals surface area contributed by atoms with Crippen LogP contribution in [0.15, 0.2) is 18.2 Å². The Bertz CT molecular complexity index is 499. The van der Waals surface area contributed by atoms with E-state index >= 15 is 0 Å². The lowest BCUT2D eigenvalue weighted by molar-refractivity contribution is 0.0331. The first-order valence-electron chi connectivity index (χ1n) is 6.27. The van der Waals surface area contributed by atoms with Gasteiger partial charge in [0.15, 0.2) is 0 Å². The van der Waals surface area contributed by atoms with Crippen LogP contribution in [0.25, 0.3) is 0 Å². The molecule has 0 aromatic heterocycles. The maximum absolute atomic E-state index is 11.1. The number of hydrogen-bond acceptors (Lipinski definition) is 3. The van der Waals surface area contributed by atoms with Gasteiger partial charge in [-0.3, -0.25) is 0 Å². The summed E-state index contributed by atoms with van der Waals surface area (Å²) in [5, 5.41) is 10.0. The summed E-state index contributed by atoms with van der Waals surface area (Å²) in [5.74, 6) is -0.120. The van der Waals surface area contributed by atoms with E-state index in [9.17, 15) is 4.79 Å². The first kappa shape index (κ1) is 15.4. The van der Waals surface area contributed by atoms with Crippen molar-refractivity contribution in [1.82, 2.24) is 4.90 Å². The van der Waals surface area contributed by atoms with Gasteiger partial charge in [0, 0.05) is 19.0 Å².